The van der Waals surface area contributed by atoms with E-state index in [1.54, 1.807) is 32.6 Å². The van der Waals surface area contributed by atoms with E-state index in [2.05, 4.69) is 84.9 Å². The molecule has 5 N–H and O–H groups in total. The number of ether oxygens (including phenoxy) is 3. The zero-order valence-corrected chi connectivity index (χ0v) is 49.9. The number of carbonyl (C=O) groups is 2. The van der Waals surface area contributed by atoms with Crippen LogP contribution in [0, 0.1) is 17.8 Å². The number of aliphatic hydroxyl groups is 5. The summed E-state index contributed by atoms with van der Waals surface area (Å²) in [7, 11) is -8.04. The molecule has 2 aliphatic rings. The molecule has 2 saturated heterocycles. The van der Waals surface area contributed by atoms with Crippen LogP contribution in [0.2, 0.25) is 0 Å². The predicted molar refractivity (Wildman–Crippen MR) is 304 cm³/mol. The molecule has 450 valence electrons. The number of amides is 1. The summed E-state index contributed by atoms with van der Waals surface area (Å²) < 4.78 is 77.7. The Morgan fingerprint density at radius 2 is 1.25 bits per heavy atom. The van der Waals surface area contributed by atoms with Gasteiger partial charge in [0.1, 0.15) is 39.8 Å². The Morgan fingerprint density at radius 3 is 1.77 bits per heavy atom. The maximum absolute atomic E-state index is 14.3. The van der Waals surface area contributed by atoms with Gasteiger partial charge in [0.25, 0.3) is 0 Å². The first-order valence-electron chi connectivity index (χ1n) is 28.2. The van der Waals surface area contributed by atoms with E-state index >= 15 is 0 Å². The molecule has 20 heteroatoms. The Kier molecular flexibility index (Phi) is 24.9. The van der Waals surface area contributed by atoms with Crippen LogP contribution >= 0.6 is 15.7 Å². The predicted octanol–water partition coefficient (Wildman–Crippen LogP) is 10.9. The molecular weight excluding hydrogens is 1070 g/mol. The van der Waals surface area contributed by atoms with Crippen molar-refractivity contribution in [2.75, 3.05) is 20.6 Å². The number of rotatable bonds is 19. The second kappa shape index (κ2) is 28.8. The van der Waals surface area contributed by atoms with Gasteiger partial charge in [0.05, 0.1) is 43.8 Å². The quantitative estimate of drug-likeness (QED) is 0.0335. The zero-order valence-electron chi connectivity index (χ0n) is 48.0. The number of unbranched alkanes of at least 4 members (excludes halogenated alkanes) is 8. The molecule has 3 aromatic carbocycles. The third kappa shape index (κ3) is 21.8. The van der Waals surface area contributed by atoms with Crippen molar-refractivity contribution in [2.45, 2.75) is 211 Å². The first-order valence-corrected chi connectivity index (χ1v) is 31.8. The fourth-order valence-corrected chi connectivity index (χ4v) is 14.3. The maximum atomic E-state index is 14.3. The van der Waals surface area contributed by atoms with E-state index in [0.29, 0.717) is 12.8 Å². The van der Waals surface area contributed by atoms with Crippen molar-refractivity contribution >= 4 is 43.5 Å². The van der Waals surface area contributed by atoms with Gasteiger partial charge >= 0.3 is 39.0 Å². The summed E-state index contributed by atoms with van der Waals surface area (Å²) in [5.74, 6) is -3.31. The molecule has 0 spiro atoms. The Balaban J connectivity index is 0.00000179. The molecule has 14 atom stereocenters. The topological polar surface area (TPSA) is 169 Å². The van der Waals surface area contributed by atoms with Crippen LogP contribution in [0.4, 0.5) is 25.2 Å². The molecule has 0 radical (unpaired) electrons. The fourth-order valence-electron chi connectivity index (χ4n) is 11.5. The third-order valence-corrected chi connectivity index (χ3v) is 18.6. The Bertz CT molecular complexity index is 2270. The number of hydrogen-bond acceptors (Lipinski definition) is 11. The van der Waals surface area contributed by atoms with Gasteiger partial charge in [0.2, 0.25) is 5.91 Å². The number of carbonyl (C=O) groups excluding carboxylic acids is 2. The third-order valence-electron chi connectivity index (χ3n) is 15.7. The van der Waals surface area contributed by atoms with Gasteiger partial charge in [-0.3, -0.25) is 9.59 Å². The van der Waals surface area contributed by atoms with E-state index in [1.165, 1.54) is 54.6 Å². The summed E-state index contributed by atoms with van der Waals surface area (Å²) >= 11 is 0. The van der Waals surface area contributed by atoms with E-state index in [-0.39, 0.29) is 49.8 Å². The van der Waals surface area contributed by atoms with Crippen LogP contribution in [-0.2, 0) is 30.2 Å². The van der Waals surface area contributed by atoms with Crippen molar-refractivity contribution in [3.8, 4) is 0 Å². The van der Waals surface area contributed by atoms with Crippen molar-refractivity contribution in [3.63, 3.8) is 0 Å². The molecule has 3 aromatic rings. The second-order valence-corrected chi connectivity index (χ2v) is 27.5. The number of cyclic esters (lactones) is 1. The van der Waals surface area contributed by atoms with Gasteiger partial charge in [-0.15, -0.1) is 0 Å². The van der Waals surface area contributed by atoms with Crippen molar-refractivity contribution < 1.29 is 74.5 Å². The average molecular weight is 1170 g/mol. The minimum atomic E-state index is -10.7. The normalized spacial score (nSPS) is 31.5. The van der Waals surface area contributed by atoms with E-state index in [9.17, 15) is 60.3 Å². The second-order valence-electron chi connectivity index (χ2n) is 23.1. The van der Waals surface area contributed by atoms with Crippen LogP contribution in [0.5, 0.6) is 0 Å². The Morgan fingerprint density at radius 1 is 0.759 bits per heavy atom. The first-order chi connectivity index (χ1) is 36.6. The molecule has 0 bridgehead atoms. The summed E-state index contributed by atoms with van der Waals surface area (Å²) in [6.45, 7) is 13.6. The number of nitrogens with zero attached hydrogens (tertiary/aromatic N) is 2. The molecule has 12 nitrogen and oxygen atoms in total. The molecule has 0 unspecified atom stereocenters. The number of halogens is 6. The molecule has 2 heterocycles. The Labute approximate surface area is 466 Å². The van der Waals surface area contributed by atoms with Gasteiger partial charge in [-0.25, -0.2) is 0 Å². The molecule has 79 heavy (non-hydrogen) atoms. The first kappa shape index (κ1) is 68.2. The summed E-state index contributed by atoms with van der Waals surface area (Å²) in [5, 5.41) is 63.8. The van der Waals surface area contributed by atoms with Gasteiger partial charge in [-0.05, 0) is 129 Å². The SMILES string of the molecule is CC[C@H]1OC(=O)[C@H](C)[C@@H](O)[C@H](C)[C@@H](O[C@@H]2O[C@H](C)C[C@H](N(C)C)[C@H]2O)[C@](C)(O)C[C@@H](C)CN(C(=O)CCCCCCCCCCCc2ccccc2[PH+](c2ccccc2)c2ccccc2)[C@H](C)[C@@H](O)[C@]1(C)O.F[P-](F)(F)(F)(F)F. The van der Waals surface area contributed by atoms with Crippen molar-refractivity contribution in [2.24, 2.45) is 17.8 Å². The summed E-state index contributed by atoms with van der Waals surface area (Å²) in [6, 6.07) is 29.7. The minimum absolute atomic E-state index is 0.0982. The van der Waals surface area contributed by atoms with Gasteiger partial charge in [0, 0.05) is 24.9 Å². The van der Waals surface area contributed by atoms with Crippen LogP contribution in [0.25, 0.3) is 0 Å². The van der Waals surface area contributed by atoms with Gasteiger partial charge in [0.15, 0.2) is 6.29 Å². The van der Waals surface area contributed by atoms with Crippen molar-refractivity contribution in [3.05, 3.63) is 90.5 Å². The molecule has 1 amide bonds. The van der Waals surface area contributed by atoms with E-state index < -0.39 is 87.6 Å². The molecule has 2 aliphatic heterocycles. The average Bonchev–Trinajstić information content (AvgIpc) is 3.38. The number of likely N-dealkylation sites (N-methyl/N-ethyl adjacent to an activating group) is 1. The number of esters is 1. The van der Waals surface area contributed by atoms with Crippen LogP contribution in [0.3, 0.4) is 0 Å². The van der Waals surface area contributed by atoms with Crippen LogP contribution in [0.15, 0.2) is 84.9 Å². The zero-order chi connectivity index (χ0) is 59.2. The summed E-state index contributed by atoms with van der Waals surface area (Å²) in [5.41, 5.74) is -2.15. The molecule has 0 aromatic heterocycles. The van der Waals surface area contributed by atoms with E-state index in [1.807, 2.05) is 32.8 Å². The summed E-state index contributed by atoms with van der Waals surface area (Å²) in [6.07, 6.45) is 4.01. The molecule has 0 saturated carbocycles. The van der Waals surface area contributed by atoms with Gasteiger partial charge in [-0.1, -0.05) is 120 Å². The van der Waals surface area contributed by atoms with Crippen molar-refractivity contribution in [1.29, 1.82) is 0 Å². The Hall–Kier alpha value is -3.28. The monoisotopic (exact) mass is 1160 g/mol. The van der Waals surface area contributed by atoms with Crippen molar-refractivity contribution in [1.82, 2.24) is 9.80 Å². The number of aryl methyl sites for hydroxylation is 1. The van der Waals surface area contributed by atoms with E-state index in [0.717, 1.165) is 38.5 Å². The molecular formula is C59H92F6N2O10P2. The van der Waals surface area contributed by atoms with Gasteiger partial charge < -0.3 is 49.5 Å². The standard InChI is InChI=1S/C59H91N2O10P.F6P/c1-11-50-59(8,68)54(65)44(6)61(39-40(2)38-58(7,67)55(42(4)52(63)43(5)56(66)70-50)71-57-53(64)48(60(9)10)37-41(3)69-57)51(62)36-26-18-16-14-12-13-15-17-21-29-45-30-27-28-35-49(45)72(46-31-22-19-23-32-46)47-33-24-20-25-34-47;1-7(2,3,4,5)6/h19-20,22-25,27-28,30-35,40-44,48,50,52-55,57,63-65,67-68H,11-18,21,26,29,36-39H2,1-10H3;/q;-1/p+1/t40-,41-,42+,43-,44-,48+,50-,52+,53-,54-,55-,57+,58-,59-;/m1./s1. The molecule has 2 fully saturated rings. The number of benzene rings is 3. The van der Waals surface area contributed by atoms with Crippen LogP contribution in [-0.4, -0.2) is 134 Å². The number of hydrogen-bond donors (Lipinski definition) is 5. The van der Waals surface area contributed by atoms with E-state index in [4.69, 9.17) is 14.2 Å². The van der Waals surface area contributed by atoms with Crippen LogP contribution < -0.4 is 15.9 Å². The van der Waals surface area contributed by atoms with Crippen LogP contribution in [0.1, 0.15) is 144 Å². The fraction of sp³-hybridized carbons (Fsp3) is 0.661. The summed E-state index contributed by atoms with van der Waals surface area (Å²) in [4.78, 5) is 31.6. The molecule has 0 aliphatic carbocycles. The number of aliphatic hydroxyl groups excluding tert-OH is 3. The molecule has 5 rings (SSSR count). The van der Waals surface area contributed by atoms with Gasteiger partial charge in [-0.2, -0.15) is 0 Å².